The standard InChI is InChI=1S/C14H17NO2/c1-15(10-16)13-8-6-12(7-9-13)14(17)11-4-2-3-5-11/h6-11H,2-5H2,1H3. The minimum absolute atomic E-state index is 0.213. The molecule has 0 atom stereocenters. The molecule has 1 aromatic rings. The van der Waals surface area contributed by atoms with Crippen molar-refractivity contribution in [2.75, 3.05) is 11.9 Å². The predicted molar refractivity (Wildman–Crippen MR) is 67.2 cm³/mol. The maximum absolute atomic E-state index is 12.1. The van der Waals surface area contributed by atoms with E-state index in [1.807, 2.05) is 24.3 Å². The average molecular weight is 231 g/mol. The zero-order valence-corrected chi connectivity index (χ0v) is 10.1. The Balaban J connectivity index is 2.11. The molecular weight excluding hydrogens is 214 g/mol. The molecule has 1 aromatic carbocycles. The molecule has 1 saturated carbocycles. The minimum atomic E-state index is 0.213. The first-order chi connectivity index (χ1) is 8.22. The van der Waals surface area contributed by atoms with Crippen molar-refractivity contribution in [1.82, 2.24) is 0 Å². The van der Waals surface area contributed by atoms with Crippen LogP contribution < -0.4 is 4.90 Å². The van der Waals surface area contributed by atoms with E-state index in [4.69, 9.17) is 0 Å². The fourth-order valence-corrected chi connectivity index (χ4v) is 2.35. The number of ketones is 1. The molecule has 1 fully saturated rings. The van der Waals surface area contributed by atoms with Gasteiger partial charge in [0.2, 0.25) is 6.41 Å². The molecule has 1 amide bonds. The third kappa shape index (κ3) is 2.54. The van der Waals surface area contributed by atoms with Crippen molar-refractivity contribution < 1.29 is 9.59 Å². The predicted octanol–water partition coefficient (Wildman–Crippen LogP) is 2.65. The minimum Gasteiger partial charge on any atom is -0.318 e. The molecule has 0 bridgehead atoms. The van der Waals surface area contributed by atoms with Gasteiger partial charge in [-0.05, 0) is 37.1 Å². The Morgan fingerprint density at radius 2 is 1.82 bits per heavy atom. The van der Waals surface area contributed by atoms with Gasteiger partial charge < -0.3 is 4.90 Å². The summed E-state index contributed by atoms with van der Waals surface area (Å²) in [6.45, 7) is 0. The molecule has 3 heteroatoms. The third-order valence-corrected chi connectivity index (χ3v) is 3.44. The smallest absolute Gasteiger partial charge is 0.213 e. The summed E-state index contributed by atoms with van der Waals surface area (Å²) >= 11 is 0. The van der Waals surface area contributed by atoms with E-state index >= 15 is 0 Å². The van der Waals surface area contributed by atoms with Crippen molar-refractivity contribution in [3.8, 4) is 0 Å². The molecule has 0 unspecified atom stereocenters. The van der Waals surface area contributed by atoms with Crippen LogP contribution in [0.2, 0.25) is 0 Å². The second-order valence-electron chi connectivity index (χ2n) is 4.61. The number of nitrogens with zero attached hydrogens (tertiary/aromatic N) is 1. The summed E-state index contributed by atoms with van der Waals surface area (Å²) in [5.41, 5.74) is 1.57. The molecule has 0 aromatic heterocycles. The maximum atomic E-state index is 12.1. The fourth-order valence-electron chi connectivity index (χ4n) is 2.35. The SMILES string of the molecule is CN(C=O)c1ccc(C(=O)C2CCCC2)cc1. The monoisotopic (exact) mass is 231 g/mol. The van der Waals surface area contributed by atoms with Gasteiger partial charge in [-0.3, -0.25) is 9.59 Å². The number of hydrogen-bond acceptors (Lipinski definition) is 2. The summed E-state index contributed by atoms with van der Waals surface area (Å²) in [5.74, 6) is 0.465. The van der Waals surface area contributed by atoms with Gasteiger partial charge in [-0.15, -0.1) is 0 Å². The number of carbonyl (C=O) groups is 2. The highest BCUT2D eigenvalue weighted by molar-refractivity contribution is 5.98. The summed E-state index contributed by atoms with van der Waals surface area (Å²) < 4.78 is 0. The van der Waals surface area contributed by atoms with Crippen molar-refractivity contribution in [3.05, 3.63) is 29.8 Å². The first-order valence-electron chi connectivity index (χ1n) is 6.05. The van der Waals surface area contributed by atoms with E-state index in [2.05, 4.69) is 0 Å². The van der Waals surface area contributed by atoms with Gasteiger partial charge in [0, 0.05) is 24.2 Å². The Labute approximate surface area is 101 Å². The lowest BCUT2D eigenvalue weighted by Gasteiger charge is -2.12. The molecule has 0 N–H and O–H groups in total. The fraction of sp³-hybridized carbons (Fsp3) is 0.429. The van der Waals surface area contributed by atoms with Gasteiger partial charge in [0.25, 0.3) is 0 Å². The third-order valence-electron chi connectivity index (χ3n) is 3.44. The van der Waals surface area contributed by atoms with Crippen LogP contribution in [-0.2, 0) is 4.79 Å². The van der Waals surface area contributed by atoms with Gasteiger partial charge in [0.1, 0.15) is 0 Å². The zero-order chi connectivity index (χ0) is 12.3. The normalized spacial score (nSPS) is 15.8. The highest BCUT2D eigenvalue weighted by atomic mass is 16.1. The number of benzene rings is 1. The summed E-state index contributed by atoms with van der Waals surface area (Å²) in [4.78, 5) is 24.2. The first kappa shape index (κ1) is 11.8. The van der Waals surface area contributed by atoms with Gasteiger partial charge in [-0.2, -0.15) is 0 Å². The van der Waals surface area contributed by atoms with E-state index in [0.29, 0.717) is 0 Å². The molecule has 0 radical (unpaired) electrons. The van der Waals surface area contributed by atoms with Crippen molar-refractivity contribution in [1.29, 1.82) is 0 Å². The Hall–Kier alpha value is -1.64. The van der Waals surface area contributed by atoms with Crippen LogP contribution in [0.1, 0.15) is 36.0 Å². The van der Waals surface area contributed by atoms with Crippen molar-refractivity contribution in [2.45, 2.75) is 25.7 Å². The zero-order valence-electron chi connectivity index (χ0n) is 10.1. The summed E-state index contributed by atoms with van der Waals surface area (Å²) in [6.07, 6.45) is 5.14. The molecule has 1 aliphatic carbocycles. The van der Waals surface area contributed by atoms with Crippen LogP contribution in [-0.4, -0.2) is 19.2 Å². The second kappa shape index (κ2) is 5.13. The van der Waals surface area contributed by atoms with Gasteiger partial charge in [-0.1, -0.05) is 12.8 Å². The molecule has 3 nitrogen and oxygen atoms in total. The van der Waals surface area contributed by atoms with E-state index in [1.165, 1.54) is 17.7 Å². The van der Waals surface area contributed by atoms with E-state index in [-0.39, 0.29) is 11.7 Å². The first-order valence-corrected chi connectivity index (χ1v) is 6.05. The maximum Gasteiger partial charge on any atom is 0.213 e. The Kier molecular flexibility index (Phi) is 3.57. The number of Topliss-reactive ketones (excluding diaryl/α,β-unsaturated/α-hetero) is 1. The Morgan fingerprint density at radius 3 is 2.35 bits per heavy atom. The van der Waals surface area contributed by atoms with Crippen LogP contribution in [0.25, 0.3) is 0 Å². The van der Waals surface area contributed by atoms with Crippen molar-refractivity contribution >= 4 is 17.9 Å². The van der Waals surface area contributed by atoms with E-state index < -0.39 is 0 Å². The van der Waals surface area contributed by atoms with Gasteiger partial charge in [0.15, 0.2) is 5.78 Å². The van der Waals surface area contributed by atoms with Crippen molar-refractivity contribution in [2.24, 2.45) is 5.92 Å². The van der Waals surface area contributed by atoms with Crippen LogP contribution in [0, 0.1) is 5.92 Å². The molecular formula is C14H17NO2. The highest BCUT2D eigenvalue weighted by Gasteiger charge is 2.23. The topological polar surface area (TPSA) is 37.4 Å². The summed E-state index contributed by atoms with van der Waals surface area (Å²) in [5, 5.41) is 0. The lowest BCUT2D eigenvalue weighted by atomic mass is 9.96. The summed E-state index contributed by atoms with van der Waals surface area (Å²) in [6, 6.07) is 7.26. The molecule has 2 rings (SSSR count). The molecule has 17 heavy (non-hydrogen) atoms. The van der Waals surface area contributed by atoms with Crippen LogP contribution in [0.5, 0.6) is 0 Å². The number of amides is 1. The molecule has 0 heterocycles. The number of rotatable bonds is 4. The van der Waals surface area contributed by atoms with Crippen LogP contribution in [0.15, 0.2) is 24.3 Å². The average Bonchev–Trinajstić information content (AvgIpc) is 2.91. The lowest BCUT2D eigenvalue weighted by molar-refractivity contribution is -0.107. The quantitative estimate of drug-likeness (QED) is 0.590. The lowest BCUT2D eigenvalue weighted by Crippen LogP contribution is -2.14. The molecule has 0 spiro atoms. The number of hydrogen-bond donors (Lipinski definition) is 0. The van der Waals surface area contributed by atoms with Gasteiger partial charge in [0.05, 0.1) is 0 Å². The van der Waals surface area contributed by atoms with Crippen LogP contribution in [0.4, 0.5) is 5.69 Å². The number of carbonyl (C=O) groups excluding carboxylic acids is 2. The Morgan fingerprint density at radius 1 is 1.24 bits per heavy atom. The van der Waals surface area contributed by atoms with E-state index in [0.717, 1.165) is 30.5 Å². The van der Waals surface area contributed by atoms with Gasteiger partial charge in [-0.25, -0.2) is 0 Å². The molecule has 90 valence electrons. The van der Waals surface area contributed by atoms with Gasteiger partial charge >= 0.3 is 0 Å². The molecule has 1 aliphatic rings. The number of anilines is 1. The Bertz CT molecular complexity index is 405. The summed E-state index contributed by atoms with van der Waals surface area (Å²) in [7, 11) is 1.70. The second-order valence-corrected chi connectivity index (χ2v) is 4.61. The molecule has 0 saturated heterocycles. The van der Waals surface area contributed by atoms with E-state index in [9.17, 15) is 9.59 Å². The highest BCUT2D eigenvalue weighted by Crippen LogP contribution is 2.28. The van der Waals surface area contributed by atoms with Crippen molar-refractivity contribution in [3.63, 3.8) is 0 Å². The van der Waals surface area contributed by atoms with Crippen LogP contribution in [0.3, 0.4) is 0 Å². The van der Waals surface area contributed by atoms with E-state index in [1.54, 1.807) is 7.05 Å². The largest absolute Gasteiger partial charge is 0.318 e. The van der Waals surface area contributed by atoms with Crippen LogP contribution >= 0.6 is 0 Å². The molecule has 0 aliphatic heterocycles.